The quantitative estimate of drug-likeness (QED) is 0.0786. The van der Waals surface area contributed by atoms with Crippen LogP contribution in [0.5, 0.6) is 0 Å². The third-order valence-corrected chi connectivity index (χ3v) is 12.7. The summed E-state index contributed by atoms with van der Waals surface area (Å²) in [6.45, 7) is 18.5. The summed E-state index contributed by atoms with van der Waals surface area (Å²) in [6.07, 6.45) is 7.10. The second kappa shape index (κ2) is 28.2. The highest BCUT2D eigenvalue weighted by Gasteiger charge is 2.34. The van der Waals surface area contributed by atoms with Gasteiger partial charge in [-0.15, -0.1) is 0 Å². The first-order valence-corrected chi connectivity index (χ1v) is 24.2. The van der Waals surface area contributed by atoms with Crippen LogP contribution < -0.4 is 53.6 Å². The SMILES string of the molecule is CCC(C)[C@H](NC(=O)[C@@H](C)Cc1cnc[nH]1)C(=O)C[C@@H](CC(C)C)C(=O)NCc1ccc(CCC(=O)CCCC(=O)NC23CNCCNCC(N)(CNCCNC2)CNCCNC3)cc1. The molecule has 3 aliphatic rings. The van der Waals surface area contributed by atoms with Gasteiger partial charge in [0.2, 0.25) is 17.7 Å². The van der Waals surface area contributed by atoms with Crippen LogP contribution in [0.15, 0.2) is 36.8 Å². The number of nitrogens with one attached hydrogen (secondary N) is 10. The van der Waals surface area contributed by atoms with Crippen molar-refractivity contribution in [3.63, 3.8) is 0 Å². The van der Waals surface area contributed by atoms with E-state index < -0.39 is 23.0 Å². The molecule has 3 saturated heterocycles. The van der Waals surface area contributed by atoms with Crippen LogP contribution >= 0.6 is 0 Å². The minimum Gasteiger partial charge on any atom is -0.352 e. The second-order valence-electron chi connectivity index (χ2n) is 19.2. The number of imidazole rings is 1. The molecule has 0 aliphatic carbocycles. The number of aromatic amines is 1. The maximum Gasteiger partial charge on any atom is 0.223 e. The number of hydrogen-bond donors (Lipinski definition) is 11. The Balaban J connectivity index is 1.21. The Kier molecular flexibility index (Phi) is 23.2. The fourth-order valence-electron chi connectivity index (χ4n) is 8.52. The molecule has 2 aromatic rings. The Bertz CT molecular complexity index is 1700. The molecule has 1 unspecified atom stereocenters. The Morgan fingerprint density at radius 2 is 1.32 bits per heavy atom. The smallest absolute Gasteiger partial charge is 0.223 e. The number of benzene rings is 1. The molecule has 4 atom stereocenters. The molecular weight excluding hydrogens is 825 g/mol. The molecule has 0 spiro atoms. The molecule has 3 fully saturated rings. The summed E-state index contributed by atoms with van der Waals surface area (Å²) in [6, 6.07) is 7.18. The normalized spacial score (nSPS) is 22.1. The minimum atomic E-state index is -0.680. The third-order valence-electron chi connectivity index (χ3n) is 12.7. The molecule has 4 heterocycles. The number of hydrogen-bond acceptors (Lipinski definition) is 13. The van der Waals surface area contributed by atoms with Gasteiger partial charge in [0.15, 0.2) is 5.78 Å². The summed E-state index contributed by atoms with van der Waals surface area (Å²) in [4.78, 5) is 73.9. The van der Waals surface area contributed by atoms with Gasteiger partial charge in [-0.1, -0.05) is 65.3 Å². The van der Waals surface area contributed by atoms with E-state index in [0.29, 0.717) is 90.8 Å². The first-order valence-electron chi connectivity index (χ1n) is 24.2. The average molecular weight is 907 g/mol. The number of amides is 3. The molecular formula is C48H82N12O5. The Morgan fingerprint density at radius 1 is 0.754 bits per heavy atom. The zero-order valence-corrected chi connectivity index (χ0v) is 40.0. The van der Waals surface area contributed by atoms with Gasteiger partial charge in [0, 0.05) is 141 Å². The number of aromatic nitrogens is 2. The predicted octanol–water partition coefficient (Wildman–Crippen LogP) is 0.846. The number of ketones is 2. The van der Waals surface area contributed by atoms with Crippen molar-refractivity contribution in [1.29, 1.82) is 0 Å². The maximum atomic E-state index is 13.8. The highest BCUT2D eigenvalue weighted by atomic mass is 16.2. The molecule has 17 heteroatoms. The van der Waals surface area contributed by atoms with Crippen molar-refractivity contribution in [3.8, 4) is 0 Å². The number of nitrogens with zero attached hydrogens (tertiary/aromatic N) is 1. The molecule has 0 radical (unpaired) electrons. The molecule has 2 bridgehead atoms. The van der Waals surface area contributed by atoms with Gasteiger partial charge < -0.3 is 58.6 Å². The van der Waals surface area contributed by atoms with Crippen LogP contribution in [0.3, 0.4) is 0 Å². The van der Waals surface area contributed by atoms with E-state index in [4.69, 9.17) is 5.73 Å². The molecule has 3 aliphatic heterocycles. The number of carbonyl (C=O) groups excluding carboxylic acids is 5. The number of Topliss-reactive ketones (excluding diaryl/α,β-unsaturated/α-hetero) is 2. The van der Waals surface area contributed by atoms with E-state index in [1.807, 2.05) is 58.9 Å². The topological polar surface area (TPSA) is 248 Å². The molecule has 1 aromatic heterocycles. The summed E-state index contributed by atoms with van der Waals surface area (Å²) in [5, 5.41) is 30.5. The van der Waals surface area contributed by atoms with Crippen molar-refractivity contribution >= 4 is 29.3 Å². The Labute approximate surface area is 387 Å². The summed E-state index contributed by atoms with van der Waals surface area (Å²) in [5.41, 5.74) is 8.56. The van der Waals surface area contributed by atoms with Crippen LogP contribution in [0.25, 0.3) is 0 Å². The molecule has 12 N–H and O–H groups in total. The Morgan fingerprint density at radius 3 is 1.86 bits per heavy atom. The van der Waals surface area contributed by atoms with Crippen molar-refractivity contribution in [2.45, 2.75) is 116 Å². The van der Waals surface area contributed by atoms with E-state index in [2.05, 4.69) is 57.8 Å². The van der Waals surface area contributed by atoms with Crippen LogP contribution in [0.4, 0.5) is 0 Å². The number of rotatable bonds is 22. The van der Waals surface area contributed by atoms with Crippen molar-refractivity contribution in [1.82, 2.24) is 57.8 Å². The lowest BCUT2D eigenvalue weighted by Crippen LogP contribution is -2.67. The molecule has 5 rings (SSSR count). The molecule has 3 amide bonds. The zero-order chi connectivity index (χ0) is 47.1. The number of H-pyrrole nitrogens is 1. The minimum absolute atomic E-state index is 0.0457. The fraction of sp³-hybridized carbons (Fsp3) is 0.708. The Hall–Kier alpha value is -4.10. The van der Waals surface area contributed by atoms with Gasteiger partial charge in [0.25, 0.3) is 0 Å². The van der Waals surface area contributed by atoms with E-state index in [9.17, 15) is 24.0 Å². The maximum absolute atomic E-state index is 13.8. The molecule has 0 saturated carbocycles. The van der Waals surface area contributed by atoms with Crippen molar-refractivity contribution in [2.75, 3.05) is 78.5 Å². The second-order valence-corrected chi connectivity index (χ2v) is 19.2. The van der Waals surface area contributed by atoms with Gasteiger partial charge in [0.05, 0.1) is 23.4 Å². The van der Waals surface area contributed by atoms with E-state index in [-0.39, 0.29) is 59.9 Å². The lowest BCUT2D eigenvalue weighted by Gasteiger charge is -2.37. The van der Waals surface area contributed by atoms with Crippen LogP contribution in [0, 0.1) is 23.7 Å². The van der Waals surface area contributed by atoms with Gasteiger partial charge >= 0.3 is 0 Å². The standard InChI is InChI=1S/C48H82N12O5/c1-6-35(4)44(59-45(64)36(5)23-40-26-56-33-58-40)42(62)24-39(22-34(2)3)46(65)57-25-38-12-10-37(11-13-38)14-15-41(61)8-7-9-43(63)60-48-30-53-19-16-50-27-47(49,28-51-17-20-54-31-48)29-52-18-21-55-32-48/h10-13,26,33-36,39,44,50-55H,6-9,14-25,27-32,49H2,1-5H3,(H,56,58)(H,57,65)(H,59,64)(H,60,63)/t35?,36-,39+,44-,47?,48?/m0/s1. The van der Waals surface area contributed by atoms with Crippen molar-refractivity contribution in [3.05, 3.63) is 53.6 Å². The summed E-state index contributed by atoms with van der Waals surface area (Å²) < 4.78 is 0. The van der Waals surface area contributed by atoms with Crippen molar-refractivity contribution < 1.29 is 24.0 Å². The molecule has 17 nitrogen and oxygen atoms in total. The van der Waals surface area contributed by atoms with Gasteiger partial charge in [-0.2, -0.15) is 0 Å². The molecule has 65 heavy (non-hydrogen) atoms. The average Bonchev–Trinajstić information content (AvgIpc) is 3.79. The third kappa shape index (κ3) is 19.7. The highest BCUT2D eigenvalue weighted by molar-refractivity contribution is 5.93. The first-order chi connectivity index (χ1) is 31.2. The van der Waals surface area contributed by atoms with Crippen LogP contribution in [0.1, 0.15) is 96.4 Å². The van der Waals surface area contributed by atoms with Crippen LogP contribution in [-0.2, 0) is 43.4 Å². The highest BCUT2D eigenvalue weighted by Crippen LogP contribution is 2.21. The van der Waals surface area contributed by atoms with Gasteiger partial charge in [-0.25, -0.2) is 4.98 Å². The first kappa shape index (κ1) is 53.5. The van der Waals surface area contributed by atoms with E-state index >= 15 is 0 Å². The predicted molar refractivity (Wildman–Crippen MR) is 256 cm³/mol. The van der Waals surface area contributed by atoms with Gasteiger partial charge in [0.1, 0.15) is 5.78 Å². The fourth-order valence-corrected chi connectivity index (χ4v) is 8.52. The van der Waals surface area contributed by atoms with E-state index in [0.717, 1.165) is 56.1 Å². The number of carbonyl (C=O) groups is 5. The van der Waals surface area contributed by atoms with Crippen LogP contribution in [0.2, 0.25) is 0 Å². The van der Waals surface area contributed by atoms with Gasteiger partial charge in [-0.3, -0.25) is 24.0 Å². The summed E-state index contributed by atoms with van der Waals surface area (Å²) >= 11 is 0. The van der Waals surface area contributed by atoms with Gasteiger partial charge in [-0.05, 0) is 42.2 Å². The summed E-state index contributed by atoms with van der Waals surface area (Å²) in [7, 11) is 0. The number of fused-ring (bicyclic) bond motifs is 15. The largest absolute Gasteiger partial charge is 0.352 e. The molecule has 364 valence electrons. The zero-order valence-electron chi connectivity index (χ0n) is 40.0. The lowest BCUT2D eigenvalue weighted by molar-refractivity contribution is -0.134. The van der Waals surface area contributed by atoms with Crippen molar-refractivity contribution in [2.24, 2.45) is 29.4 Å². The summed E-state index contributed by atoms with van der Waals surface area (Å²) in [5.74, 6) is -1.24. The molecule has 1 aromatic carbocycles. The van der Waals surface area contributed by atoms with E-state index in [1.165, 1.54) is 0 Å². The van der Waals surface area contributed by atoms with Crippen LogP contribution in [-0.4, -0.2) is 135 Å². The van der Waals surface area contributed by atoms with E-state index in [1.54, 1.807) is 12.5 Å². The number of nitrogens with two attached hydrogens (primary N) is 1. The monoisotopic (exact) mass is 907 g/mol. The lowest BCUT2D eigenvalue weighted by atomic mass is 9.86. The number of aryl methyl sites for hydroxylation is 1.